The van der Waals surface area contributed by atoms with Gasteiger partial charge in [0.15, 0.2) is 11.6 Å². The number of nitrogens with zero attached hydrogens (tertiary/aromatic N) is 2. The third-order valence-corrected chi connectivity index (χ3v) is 3.66. The number of rotatable bonds is 4. The number of halogens is 1. The van der Waals surface area contributed by atoms with Gasteiger partial charge in [-0.15, -0.1) is 0 Å². The zero-order chi connectivity index (χ0) is 16.1. The summed E-state index contributed by atoms with van der Waals surface area (Å²) in [5.41, 5.74) is 0.0462. The van der Waals surface area contributed by atoms with Crippen LogP contribution >= 0.6 is 0 Å². The van der Waals surface area contributed by atoms with Gasteiger partial charge in [0.25, 0.3) is 5.91 Å². The molecule has 0 aromatic heterocycles. The third kappa shape index (κ3) is 3.96. The first-order chi connectivity index (χ1) is 10.5. The van der Waals surface area contributed by atoms with E-state index in [1.54, 1.807) is 11.0 Å². The molecule has 0 unspecified atom stereocenters. The van der Waals surface area contributed by atoms with E-state index in [-0.39, 0.29) is 23.1 Å². The van der Waals surface area contributed by atoms with Crippen molar-refractivity contribution in [1.82, 2.24) is 9.80 Å². The van der Waals surface area contributed by atoms with E-state index in [1.165, 1.54) is 19.2 Å². The maximum atomic E-state index is 14.3. The lowest BCUT2D eigenvalue weighted by Crippen LogP contribution is -2.39. The number of benzene rings is 1. The fourth-order valence-electron chi connectivity index (χ4n) is 2.70. The van der Waals surface area contributed by atoms with Crippen molar-refractivity contribution in [2.45, 2.75) is 0 Å². The van der Waals surface area contributed by atoms with Gasteiger partial charge in [-0.05, 0) is 26.2 Å². The van der Waals surface area contributed by atoms with Gasteiger partial charge < -0.3 is 19.3 Å². The summed E-state index contributed by atoms with van der Waals surface area (Å²) < 4.78 is 24.8. The molecule has 0 spiro atoms. The second kappa shape index (κ2) is 7.56. The van der Waals surface area contributed by atoms with Crippen LogP contribution in [0.3, 0.4) is 0 Å². The minimum absolute atomic E-state index is 0.0462. The minimum atomic E-state index is -0.607. The molecule has 1 atom stereocenters. The first-order valence-corrected chi connectivity index (χ1v) is 7.37. The van der Waals surface area contributed by atoms with Crippen LogP contribution < -0.4 is 4.74 Å². The van der Waals surface area contributed by atoms with Crippen molar-refractivity contribution in [3.8, 4) is 5.75 Å². The Morgan fingerprint density at radius 2 is 2.27 bits per heavy atom. The zero-order valence-corrected chi connectivity index (χ0v) is 13.3. The molecule has 1 aliphatic heterocycles. The molecule has 22 heavy (non-hydrogen) atoms. The molecule has 6 heteroatoms. The number of carbonyl (C=O) groups excluding carboxylic acids is 1. The number of hydrogen-bond acceptors (Lipinski definition) is 4. The van der Waals surface area contributed by atoms with Gasteiger partial charge in [0.05, 0.1) is 25.9 Å². The molecule has 1 fully saturated rings. The molecule has 1 amide bonds. The molecule has 1 aromatic carbocycles. The van der Waals surface area contributed by atoms with Gasteiger partial charge in [-0.3, -0.25) is 4.79 Å². The molecular weight excluding hydrogens is 287 g/mol. The molecule has 2 rings (SSSR count). The maximum Gasteiger partial charge on any atom is 0.257 e. The summed E-state index contributed by atoms with van der Waals surface area (Å²) in [7, 11) is 5.36. The Morgan fingerprint density at radius 1 is 1.50 bits per heavy atom. The number of ether oxygens (including phenoxy) is 2. The molecule has 0 aliphatic carbocycles. The van der Waals surface area contributed by atoms with Crippen molar-refractivity contribution in [1.29, 1.82) is 0 Å². The second-order valence-electron chi connectivity index (χ2n) is 5.78. The summed E-state index contributed by atoms with van der Waals surface area (Å²) in [6.45, 7) is 2.95. The Labute approximate surface area is 130 Å². The average molecular weight is 310 g/mol. The Balaban J connectivity index is 2.17. The van der Waals surface area contributed by atoms with Crippen LogP contribution in [0.4, 0.5) is 4.39 Å². The first-order valence-electron chi connectivity index (χ1n) is 7.37. The first kappa shape index (κ1) is 16.7. The number of amides is 1. The van der Waals surface area contributed by atoms with Crippen molar-refractivity contribution < 1.29 is 18.7 Å². The van der Waals surface area contributed by atoms with E-state index in [4.69, 9.17) is 9.47 Å². The highest BCUT2D eigenvalue weighted by molar-refractivity contribution is 5.95. The highest BCUT2D eigenvalue weighted by atomic mass is 19.1. The van der Waals surface area contributed by atoms with Gasteiger partial charge in [0.2, 0.25) is 0 Å². The summed E-state index contributed by atoms with van der Waals surface area (Å²) in [4.78, 5) is 16.4. The average Bonchev–Trinajstić information content (AvgIpc) is 2.71. The third-order valence-electron chi connectivity index (χ3n) is 3.66. The molecule has 1 saturated heterocycles. The van der Waals surface area contributed by atoms with Crippen molar-refractivity contribution >= 4 is 5.91 Å². The fourth-order valence-corrected chi connectivity index (χ4v) is 2.70. The van der Waals surface area contributed by atoms with E-state index in [9.17, 15) is 9.18 Å². The SMILES string of the molecule is COc1cccc(C(=O)N2CCOC[C@H](CN(C)C)C2)c1F. The van der Waals surface area contributed by atoms with E-state index in [2.05, 4.69) is 4.90 Å². The Bertz CT molecular complexity index is 522. The summed E-state index contributed by atoms with van der Waals surface area (Å²) in [6, 6.07) is 4.63. The van der Waals surface area contributed by atoms with E-state index in [1.807, 2.05) is 14.1 Å². The maximum absolute atomic E-state index is 14.3. The van der Waals surface area contributed by atoms with E-state index in [0.29, 0.717) is 26.3 Å². The normalized spacial score (nSPS) is 19.1. The summed E-state index contributed by atoms with van der Waals surface area (Å²) in [6.07, 6.45) is 0. The van der Waals surface area contributed by atoms with Gasteiger partial charge in [0.1, 0.15) is 0 Å². The summed E-state index contributed by atoms with van der Waals surface area (Å²) in [5.74, 6) is -0.619. The van der Waals surface area contributed by atoms with Gasteiger partial charge in [-0.25, -0.2) is 4.39 Å². The highest BCUT2D eigenvalue weighted by Gasteiger charge is 2.26. The van der Waals surface area contributed by atoms with E-state index >= 15 is 0 Å². The largest absolute Gasteiger partial charge is 0.494 e. The molecule has 122 valence electrons. The number of carbonyl (C=O) groups is 1. The Morgan fingerprint density at radius 3 is 2.95 bits per heavy atom. The zero-order valence-electron chi connectivity index (χ0n) is 13.3. The topological polar surface area (TPSA) is 42.0 Å². The summed E-state index contributed by atoms with van der Waals surface area (Å²) >= 11 is 0. The van der Waals surface area contributed by atoms with Crippen molar-refractivity contribution in [2.75, 3.05) is 54.1 Å². The fraction of sp³-hybridized carbons (Fsp3) is 0.562. The van der Waals surface area contributed by atoms with Crippen molar-refractivity contribution in [3.63, 3.8) is 0 Å². The van der Waals surface area contributed by atoms with Crippen LogP contribution in [0.1, 0.15) is 10.4 Å². The predicted molar refractivity (Wildman–Crippen MR) is 81.7 cm³/mol. The molecule has 0 N–H and O–H groups in total. The summed E-state index contributed by atoms with van der Waals surface area (Å²) in [5, 5.41) is 0. The standard InChI is InChI=1S/C16H23FN2O3/c1-18(2)9-12-10-19(7-8-22-11-12)16(20)13-5-4-6-14(21-3)15(13)17/h4-6,12H,7-11H2,1-3H3/t12-/m1/s1. The van der Waals surface area contributed by atoms with Gasteiger partial charge >= 0.3 is 0 Å². The molecular formula is C16H23FN2O3. The van der Waals surface area contributed by atoms with Crippen LogP contribution in [0, 0.1) is 11.7 Å². The minimum Gasteiger partial charge on any atom is -0.494 e. The highest BCUT2D eigenvalue weighted by Crippen LogP contribution is 2.22. The lowest BCUT2D eigenvalue weighted by atomic mass is 10.1. The van der Waals surface area contributed by atoms with Crippen LogP contribution in [-0.2, 0) is 4.74 Å². The molecule has 5 nitrogen and oxygen atoms in total. The van der Waals surface area contributed by atoms with Crippen LogP contribution in [-0.4, -0.2) is 69.8 Å². The van der Waals surface area contributed by atoms with Crippen LogP contribution in [0.25, 0.3) is 0 Å². The second-order valence-corrected chi connectivity index (χ2v) is 5.78. The quantitative estimate of drug-likeness (QED) is 0.845. The number of methoxy groups -OCH3 is 1. The molecule has 0 bridgehead atoms. The Kier molecular flexibility index (Phi) is 5.74. The van der Waals surface area contributed by atoms with Crippen LogP contribution in [0.2, 0.25) is 0 Å². The van der Waals surface area contributed by atoms with Crippen molar-refractivity contribution in [2.24, 2.45) is 5.92 Å². The molecule has 1 aliphatic rings. The van der Waals surface area contributed by atoms with Gasteiger partial charge in [0, 0.05) is 25.6 Å². The smallest absolute Gasteiger partial charge is 0.257 e. The molecule has 0 saturated carbocycles. The number of hydrogen-bond donors (Lipinski definition) is 0. The monoisotopic (exact) mass is 310 g/mol. The molecule has 1 heterocycles. The Hall–Kier alpha value is -1.66. The van der Waals surface area contributed by atoms with Gasteiger partial charge in [-0.1, -0.05) is 6.07 Å². The predicted octanol–water partition coefficient (Wildman–Crippen LogP) is 1.48. The van der Waals surface area contributed by atoms with Gasteiger partial charge in [-0.2, -0.15) is 0 Å². The van der Waals surface area contributed by atoms with Crippen LogP contribution in [0.5, 0.6) is 5.75 Å². The van der Waals surface area contributed by atoms with Crippen LogP contribution in [0.15, 0.2) is 18.2 Å². The molecule has 1 aromatic rings. The lowest BCUT2D eigenvalue weighted by molar-refractivity contribution is 0.0729. The van der Waals surface area contributed by atoms with E-state index in [0.717, 1.165) is 6.54 Å². The van der Waals surface area contributed by atoms with E-state index < -0.39 is 5.82 Å². The molecule has 0 radical (unpaired) electrons. The van der Waals surface area contributed by atoms with Crippen molar-refractivity contribution in [3.05, 3.63) is 29.6 Å². The lowest BCUT2D eigenvalue weighted by Gasteiger charge is -2.25.